The average Bonchev–Trinajstić information content (AvgIpc) is 3.01. The van der Waals surface area contributed by atoms with Gasteiger partial charge in [0.15, 0.2) is 5.82 Å². The molecular formula is C8H12N6O. The fourth-order valence-electron chi connectivity index (χ4n) is 1.26. The van der Waals surface area contributed by atoms with Gasteiger partial charge >= 0.3 is 0 Å². The molecule has 1 fully saturated rings. The molecule has 1 aliphatic heterocycles. The van der Waals surface area contributed by atoms with Gasteiger partial charge in [0.1, 0.15) is 12.4 Å². The predicted octanol–water partition coefficient (Wildman–Crippen LogP) is -0.562. The summed E-state index contributed by atoms with van der Waals surface area (Å²) in [7, 11) is 0. The molecule has 4 N–H and O–H groups in total. The molecule has 1 atom stereocenters. The summed E-state index contributed by atoms with van der Waals surface area (Å²) in [4.78, 5) is 0. The maximum absolute atomic E-state index is 5.62. The fourth-order valence-corrected chi connectivity index (χ4v) is 1.26. The number of nitrogens with two attached hydrogens (primary N) is 2. The van der Waals surface area contributed by atoms with E-state index in [-0.39, 0.29) is 6.10 Å². The fraction of sp³-hybridized carbons (Fsp3) is 0.375. The lowest BCUT2D eigenvalue weighted by Gasteiger charge is -2.12. The topological polar surface area (TPSA) is 106 Å². The third-order valence-corrected chi connectivity index (χ3v) is 2.08. The number of aromatic nitrogens is 2. The van der Waals surface area contributed by atoms with Gasteiger partial charge in [-0.3, -0.25) is 0 Å². The number of aryl methyl sites for hydroxylation is 1. The van der Waals surface area contributed by atoms with Crippen LogP contribution in [0.3, 0.4) is 0 Å². The van der Waals surface area contributed by atoms with Crippen molar-refractivity contribution in [2.45, 2.75) is 13.0 Å². The van der Waals surface area contributed by atoms with Crippen molar-refractivity contribution in [3.63, 3.8) is 0 Å². The molecule has 0 aromatic carbocycles. The molecule has 0 unspecified atom stereocenters. The summed E-state index contributed by atoms with van der Waals surface area (Å²) in [6.07, 6.45) is 1.37. The van der Waals surface area contributed by atoms with Crippen molar-refractivity contribution in [2.75, 3.05) is 11.6 Å². The van der Waals surface area contributed by atoms with Crippen LogP contribution in [0.2, 0.25) is 0 Å². The molecule has 0 spiro atoms. The average molecular weight is 208 g/mol. The summed E-state index contributed by atoms with van der Waals surface area (Å²) in [5.41, 5.74) is 1.73. The molecule has 1 aromatic rings. The lowest BCUT2D eigenvalue weighted by Crippen LogP contribution is -2.31. The zero-order valence-electron chi connectivity index (χ0n) is 8.29. The maximum Gasteiger partial charge on any atom is 0.173 e. The van der Waals surface area contributed by atoms with Crippen LogP contribution in [0.5, 0.6) is 0 Å². The molecule has 2 rings (SSSR count). The molecule has 0 bridgehead atoms. The van der Waals surface area contributed by atoms with Crippen LogP contribution in [0.15, 0.2) is 11.2 Å². The van der Waals surface area contributed by atoms with Crippen LogP contribution in [0.1, 0.15) is 17.4 Å². The minimum atomic E-state index is 0.0969. The van der Waals surface area contributed by atoms with E-state index < -0.39 is 0 Å². The highest BCUT2D eigenvalue weighted by atomic mass is 16.6. The van der Waals surface area contributed by atoms with Crippen LogP contribution in [0.4, 0.5) is 5.82 Å². The Bertz CT molecular complexity index is 389. The molecule has 2 heterocycles. The summed E-state index contributed by atoms with van der Waals surface area (Å²) < 4.78 is 5.10. The van der Waals surface area contributed by atoms with Crippen molar-refractivity contribution in [3.05, 3.63) is 17.3 Å². The lowest BCUT2D eigenvalue weighted by atomic mass is 10.2. The molecule has 1 saturated heterocycles. The Morgan fingerprint density at radius 2 is 2.40 bits per heavy atom. The van der Waals surface area contributed by atoms with Gasteiger partial charge in [0.2, 0.25) is 0 Å². The van der Waals surface area contributed by atoms with Crippen LogP contribution in [0.25, 0.3) is 0 Å². The van der Waals surface area contributed by atoms with Crippen LogP contribution in [-0.4, -0.2) is 23.1 Å². The largest absolute Gasteiger partial charge is 0.366 e. The van der Waals surface area contributed by atoms with Crippen LogP contribution in [-0.2, 0) is 4.74 Å². The first-order chi connectivity index (χ1) is 7.22. The van der Waals surface area contributed by atoms with E-state index in [9.17, 15) is 0 Å². The summed E-state index contributed by atoms with van der Waals surface area (Å²) in [6, 6.07) is 1.89. The Balaban J connectivity index is 2.25. The quantitative estimate of drug-likeness (QED) is 0.227. The summed E-state index contributed by atoms with van der Waals surface area (Å²) in [5, 5.41) is 12.5. The molecule has 7 nitrogen and oxygen atoms in total. The van der Waals surface area contributed by atoms with E-state index >= 15 is 0 Å². The summed E-state index contributed by atoms with van der Waals surface area (Å²) >= 11 is 0. The van der Waals surface area contributed by atoms with Crippen LogP contribution >= 0.6 is 0 Å². The van der Waals surface area contributed by atoms with E-state index in [1.54, 1.807) is 0 Å². The van der Waals surface area contributed by atoms with Gasteiger partial charge in [-0.25, -0.2) is 10.9 Å². The van der Waals surface area contributed by atoms with Gasteiger partial charge in [-0.15, -0.1) is 5.10 Å². The molecule has 7 heteroatoms. The normalized spacial score (nSPS) is 19.5. The Kier molecular flexibility index (Phi) is 2.48. The highest BCUT2D eigenvalue weighted by Crippen LogP contribution is 2.29. The number of hydrogen-bond donors (Lipinski definition) is 2. The number of nitrogens with zero attached hydrogens (tertiary/aromatic N) is 4. The monoisotopic (exact) mass is 208 g/mol. The zero-order chi connectivity index (χ0) is 10.8. The van der Waals surface area contributed by atoms with E-state index in [1.807, 2.05) is 13.0 Å². The number of anilines is 1. The van der Waals surface area contributed by atoms with Crippen LogP contribution < -0.4 is 16.7 Å². The summed E-state index contributed by atoms with van der Waals surface area (Å²) in [6.45, 7) is 2.60. The van der Waals surface area contributed by atoms with Gasteiger partial charge in [-0.05, 0) is 18.6 Å². The van der Waals surface area contributed by atoms with Crippen LogP contribution in [0, 0.1) is 6.92 Å². The van der Waals surface area contributed by atoms with E-state index in [0.29, 0.717) is 12.4 Å². The second kappa shape index (κ2) is 3.79. The minimum Gasteiger partial charge on any atom is -0.366 e. The first-order valence-electron chi connectivity index (χ1n) is 4.45. The van der Waals surface area contributed by atoms with Crippen molar-refractivity contribution in [2.24, 2.45) is 16.8 Å². The molecule has 0 saturated carbocycles. The highest BCUT2D eigenvalue weighted by Gasteiger charge is 2.27. The van der Waals surface area contributed by atoms with Gasteiger partial charge < -0.3 is 10.6 Å². The number of hydrazone groups is 1. The Morgan fingerprint density at radius 1 is 1.67 bits per heavy atom. The molecule has 0 radical (unpaired) electrons. The number of hydrazine groups is 1. The van der Waals surface area contributed by atoms with Gasteiger partial charge in [-0.1, -0.05) is 0 Å². The van der Waals surface area contributed by atoms with Crippen molar-refractivity contribution in [1.29, 1.82) is 0 Å². The standard InChI is InChI=1S/C8H12N6O/c1-5-2-6(7-3-15-7)12-13-8(5)14(10)4-11-9/h2,4,7H,3,9-10H2,1H3/b11-4-/t7-/m1/s1. The molecule has 1 aliphatic rings. The van der Waals surface area contributed by atoms with E-state index in [2.05, 4.69) is 15.3 Å². The second-order valence-electron chi connectivity index (χ2n) is 3.27. The lowest BCUT2D eigenvalue weighted by molar-refractivity contribution is 0.409. The van der Waals surface area contributed by atoms with Crippen molar-refractivity contribution in [1.82, 2.24) is 10.2 Å². The van der Waals surface area contributed by atoms with E-state index in [0.717, 1.165) is 11.3 Å². The minimum absolute atomic E-state index is 0.0969. The second-order valence-corrected chi connectivity index (χ2v) is 3.27. The molecular weight excluding hydrogens is 196 g/mol. The summed E-state index contributed by atoms with van der Waals surface area (Å²) in [5.74, 6) is 11.1. The highest BCUT2D eigenvalue weighted by molar-refractivity contribution is 5.76. The Labute approximate surface area is 86.7 Å². The number of rotatable bonds is 3. The zero-order valence-corrected chi connectivity index (χ0v) is 8.29. The number of hydrogen-bond acceptors (Lipinski definition) is 6. The maximum atomic E-state index is 5.62. The third kappa shape index (κ3) is 2.03. The van der Waals surface area contributed by atoms with E-state index in [4.69, 9.17) is 16.4 Å². The SMILES string of the molecule is Cc1cc([C@H]2CO2)nnc1N(N)/C=N\N. The molecule has 0 aliphatic carbocycles. The van der Waals surface area contributed by atoms with Crippen molar-refractivity contribution < 1.29 is 4.74 Å². The number of epoxide rings is 1. The first-order valence-corrected chi connectivity index (χ1v) is 4.45. The molecule has 0 amide bonds. The smallest absolute Gasteiger partial charge is 0.173 e. The van der Waals surface area contributed by atoms with E-state index in [1.165, 1.54) is 11.3 Å². The molecule has 1 aromatic heterocycles. The Hall–Kier alpha value is -1.73. The van der Waals surface area contributed by atoms with Gasteiger partial charge in [0, 0.05) is 0 Å². The van der Waals surface area contributed by atoms with Gasteiger partial charge in [-0.2, -0.15) is 10.2 Å². The molecule has 80 valence electrons. The molecule has 15 heavy (non-hydrogen) atoms. The first kappa shape index (κ1) is 9.81. The third-order valence-electron chi connectivity index (χ3n) is 2.08. The Morgan fingerprint density at radius 3 is 2.93 bits per heavy atom. The number of ether oxygens (including phenoxy) is 1. The predicted molar refractivity (Wildman–Crippen MR) is 54.8 cm³/mol. The van der Waals surface area contributed by atoms with Gasteiger partial charge in [0.25, 0.3) is 0 Å². The van der Waals surface area contributed by atoms with Crippen molar-refractivity contribution in [3.8, 4) is 0 Å². The van der Waals surface area contributed by atoms with Gasteiger partial charge in [0.05, 0.1) is 12.3 Å². The van der Waals surface area contributed by atoms with Crippen molar-refractivity contribution >= 4 is 12.2 Å².